The van der Waals surface area contributed by atoms with Crippen LogP contribution in [-0.2, 0) is 10.0 Å². The van der Waals surface area contributed by atoms with Crippen LogP contribution in [0.1, 0.15) is 19.3 Å². The number of nitrogens with one attached hydrogen (secondary N) is 2. The van der Waals surface area contributed by atoms with E-state index in [-0.39, 0.29) is 16.9 Å². The molecule has 0 saturated heterocycles. The summed E-state index contributed by atoms with van der Waals surface area (Å²) >= 11 is 6.03. The lowest BCUT2D eigenvalue weighted by Crippen LogP contribution is -2.42. The Bertz CT molecular complexity index is 683. The van der Waals surface area contributed by atoms with Gasteiger partial charge in [0.05, 0.1) is 23.9 Å². The number of rotatable bonds is 2. The summed E-state index contributed by atoms with van der Waals surface area (Å²) in [7, 11) is -2.21. The summed E-state index contributed by atoms with van der Waals surface area (Å²) in [5.41, 5.74) is 0.410. The molecule has 1 aliphatic carbocycles. The summed E-state index contributed by atoms with van der Waals surface area (Å²) in [5.74, 6) is 0.570. The van der Waals surface area contributed by atoms with Gasteiger partial charge in [0.2, 0.25) is 5.96 Å². The van der Waals surface area contributed by atoms with Gasteiger partial charge >= 0.3 is 0 Å². The topological polar surface area (TPSA) is 79.8 Å². The molecule has 108 valence electrons. The Morgan fingerprint density at radius 2 is 2.15 bits per heavy atom. The van der Waals surface area contributed by atoms with Crippen LogP contribution >= 0.6 is 11.6 Å². The van der Waals surface area contributed by atoms with Crippen LogP contribution in [0.3, 0.4) is 0 Å². The Labute approximate surface area is 122 Å². The molecule has 3 rings (SSSR count). The highest BCUT2D eigenvalue weighted by atomic mass is 35.5. The van der Waals surface area contributed by atoms with Crippen molar-refractivity contribution in [3.05, 3.63) is 17.2 Å². The van der Waals surface area contributed by atoms with Crippen molar-refractivity contribution in [1.82, 2.24) is 4.72 Å². The minimum Gasteiger partial charge on any atom is -0.495 e. The highest BCUT2D eigenvalue weighted by Gasteiger charge is 2.29. The molecular formula is C12H14ClN3O3S. The van der Waals surface area contributed by atoms with Crippen LogP contribution in [0.2, 0.25) is 5.02 Å². The first kappa shape index (κ1) is 13.5. The van der Waals surface area contributed by atoms with Crippen LogP contribution in [-0.4, -0.2) is 27.5 Å². The summed E-state index contributed by atoms with van der Waals surface area (Å²) in [4.78, 5) is 4.45. The van der Waals surface area contributed by atoms with E-state index in [9.17, 15) is 8.42 Å². The van der Waals surface area contributed by atoms with Crippen LogP contribution in [0.15, 0.2) is 22.0 Å². The van der Waals surface area contributed by atoms with E-state index in [1.807, 2.05) is 0 Å². The number of sulfonamides is 1. The van der Waals surface area contributed by atoms with Gasteiger partial charge in [-0.15, -0.1) is 0 Å². The van der Waals surface area contributed by atoms with Gasteiger partial charge in [-0.3, -0.25) is 0 Å². The Balaban J connectivity index is 2.03. The molecule has 0 unspecified atom stereocenters. The Morgan fingerprint density at radius 3 is 2.75 bits per heavy atom. The molecule has 2 N–H and O–H groups in total. The molecule has 0 amide bonds. The second-order valence-electron chi connectivity index (χ2n) is 4.78. The predicted octanol–water partition coefficient (Wildman–Crippen LogP) is 1.96. The minimum absolute atomic E-state index is 0.103. The first-order valence-electron chi connectivity index (χ1n) is 6.25. The maximum atomic E-state index is 12.2. The molecule has 0 spiro atoms. The average Bonchev–Trinajstić information content (AvgIpc) is 2.32. The van der Waals surface area contributed by atoms with E-state index in [1.54, 1.807) is 0 Å². The predicted molar refractivity (Wildman–Crippen MR) is 77.0 cm³/mol. The van der Waals surface area contributed by atoms with Gasteiger partial charge in [-0.1, -0.05) is 11.6 Å². The third kappa shape index (κ3) is 2.31. The number of anilines is 1. The van der Waals surface area contributed by atoms with Crippen LogP contribution in [0.4, 0.5) is 5.69 Å². The molecule has 0 aromatic heterocycles. The fourth-order valence-electron chi connectivity index (χ4n) is 2.10. The zero-order valence-corrected chi connectivity index (χ0v) is 12.4. The monoisotopic (exact) mass is 315 g/mol. The lowest BCUT2D eigenvalue weighted by molar-refractivity contribution is 0.413. The lowest BCUT2D eigenvalue weighted by atomic mass is 9.94. The number of hydrogen-bond acceptors (Lipinski definition) is 4. The molecule has 1 aromatic rings. The van der Waals surface area contributed by atoms with E-state index >= 15 is 0 Å². The van der Waals surface area contributed by atoms with E-state index in [1.165, 1.54) is 19.2 Å². The number of guanidine groups is 1. The fraction of sp³-hybridized carbons (Fsp3) is 0.417. The van der Waals surface area contributed by atoms with Crippen LogP contribution in [0, 0.1) is 0 Å². The Kier molecular flexibility index (Phi) is 3.25. The first-order chi connectivity index (χ1) is 9.49. The quantitative estimate of drug-likeness (QED) is 0.874. The number of methoxy groups -OCH3 is 1. The van der Waals surface area contributed by atoms with Gasteiger partial charge in [-0.05, 0) is 25.3 Å². The van der Waals surface area contributed by atoms with Crippen molar-refractivity contribution in [3.63, 3.8) is 0 Å². The van der Waals surface area contributed by atoms with Crippen LogP contribution in [0.5, 0.6) is 5.75 Å². The normalized spacial score (nSPS) is 22.4. The zero-order chi connectivity index (χ0) is 14.3. The van der Waals surface area contributed by atoms with E-state index < -0.39 is 10.0 Å². The van der Waals surface area contributed by atoms with Crippen LogP contribution in [0.25, 0.3) is 0 Å². The van der Waals surface area contributed by atoms with Gasteiger partial charge in [-0.25, -0.2) is 18.1 Å². The van der Waals surface area contributed by atoms with E-state index in [4.69, 9.17) is 16.3 Å². The smallest absolute Gasteiger partial charge is 0.266 e. The maximum Gasteiger partial charge on any atom is 0.266 e. The summed E-state index contributed by atoms with van der Waals surface area (Å²) < 4.78 is 31.9. The largest absolute Gasteiger partial charge is 0.495 e. The summed E-state index contributed by atoms with van der Waals surface area (Å²) in [5, 5.41) is 3.31. The fourth-order valence-corrected chi connectivity index (χ4v) is 3.47. The lowest BCUT2D eigenvalue weighted by Gasteiger charge is -2.26. The second kappa shape index (κ2) is 4.82. The third-order valence-electron chi connectivity index (χ3n) is 3.41. The summed E-state index contributed by atoms with van der Waals surface area (Å²) in [6.07, 6.45) is 3.11. The SMILES string of the molecule is COc1cc2c(cc1Cl)NC(=NC1CCC1)NS2(=O)=O. The van der Waals surface area contributed by atoms with Gasteiger partial charge in [0.1, 0.15) is 10.6 Å². The van der Waals surface area contributed by atoms with Crippen LogP contribution < -0.4 is 14.8 Å². The van der Waals surface area contributed by atoms with Gasteiger partial charge in [0, 0.05) is 6.07 Å². The van der Waals surface area contributed by atoms with Crippen molar-refractivity contribution in [1.29, 1.82) is 0 Å². The number of fused-ring (bicyclic) bond motifs is 1. The molecule has 0 bridgehead atoms. The molecule has 20 heavy (non-hydrogen) atoms. The molecule has 1 heterocycles. The molecular weight excluding hydrogens is 302 g/mol. The van der Waals surface area contributed by atoms with E-state index in [0.29, 0.717) is 16.5 Å². The van der Waals surface area contributed by atoms with Crippen molar-refractivity contribution in [3.8, 4) is 5.75 Å². The molecule has 1 saturated carbocycles. The molecule has 0 radical (unpaired) electrons. The third-order valence-corrected chi connectivity index (χ3v) is 5.09. The molecule has 1 aliphatic heterocycles. The molecule has 6 nitrogen and oxygen atoms in total. The average molecular weight is 316 g/mol. The van der Waals surface area contributed by atoms with Crippen molar-refractivity contribution in [2.75, 3.05) is 12.4 Å². The highest BCUT2D eigenvalue weighted by Crippen LogP contribution is 2.35. The van der Waals surface area contributed by atoms with Gasteiger partial charge in [-0.2, -0.15) is 0 Å². The molecule has 8 heteroatoms. The number of nitrogens with zero attached hydrogens (tertiary/aromatic N) is 1. The molecule has 1 aromatic carbocycles. The van der Waals surface area contributed by atoms with Gasteiger partial charge in [0.15, 0.2) is 0 Å². The number of benzene rings is 1. The Morgan fingerprint density at radius 1 is 1.40 bits per heavy atom. The molecule has 1 fully saturated rings. The van der Waals surface area contributed by atoms with Crippen molar-refractivity contribution in [2.45, 2.75) is 30.2 Å². The second-order valence-corrected chi connectivity index (χ2v) is 6.83. The number of hydrogen-bond donors (Lipinski definition) is 2. The van der Waals surface area contributed by atoms with Crippen molar-refractivity contribution in [2.24, 2.45) is 4.99 Å². The van der Waals surface area contributed by atoms with Gasteiger partial charge in [0.25, 0.3) is 10.0 Å². The highest BCUT2D eigenvalue weighted by molar-refractivity contribution is 7.90. The zero-order valence-electron chi connectivity index (χ0n) is 10.8. The summed E-state index contributed by atoms with van der Waals surface area (Å²) in [6, 6.07) is 3.12. The number of ether oxygens (including phenoxy) is 1. The molecule has 2 aliphatic rings. The minimum atomic E-state index is -3.65. The number of halogens is 1. The van der Waals surface area contributed by atoms with Gasteiger partial charge < -0.3 is 10.1 Å². The summed E-state index contributed by atoms with van der Waals surface area (Å²) in [6.45, 7) is 0. The van der Waals surface area contributed by atoms with Crippen molar-refractivity contribution < 1.29 is 13.2 Å². The standard InChI is InChI=1S/C12H14ClN3O3S/c1-19-10-6-11-9(5-8(10)13)15-12(16-20(11,17)18)14-7-3-2-4-7/h5-7H,2-4H2,1H3,(H2,14,15,16). The molecule has 0 atom stereocenters. The Hall–Kier alpha value is -1.47. The van der Waals surface area contributed by atoms with E-state index in [2.05, 4.69) is 15.0 Å². The maximum absolute atomic E-state index is 12.2. The first-order valence-corrected chi connectivity index (χ1v) is 8.11. The number of aliphatic imine (C=N–C) groups is 1. The van der Waals surface area contributed by atoms with E-state index in [0.717, 1.165) is 19.3 Å². The van der Waals surface area contributed by atoms with Crippen molar-refractivity contribution >= 4 is 33.3 Å².